The molecule has 0 radical (unpaired) electrons. The molecule has 0 spiro atoms. The molecule has 1 fully saturated rings. The van der Waals surface area contributed by atoms with Gasteiger partial charge in [-0.05, 0) is 44.1 Å². The number of nitriles is 1. The maximum atomic E-state index is 13.9. The zero-order valence-corrected chi connectivity index (χ0v) is 13.4. The molecule has 0 N–H and O–H groups in total. The van der Waals surface area contributed by atoms with Gasteiger partial charge in [-0.1, -0.05) is 30.3 Å². The minimum Gasteiger partial charge on any atom is -0.299 e. The van der Waals surface area contributed by atoms with E-state index in [1.165, 1.54) is 12.1 Å². The van der Waals surface area contributed by atoms with Crippen LogP contribution in [-0.4, -0.2) is 23.8 Å². The van der Waals surface area contributed by atoms with Crippen LogP contribution in [0.4, 0.5) is 4.39 Å². The van der Waals surface area contributed by atoms with Gasteiger partial charge in [0.25, 0.3) is 0 Å². The van der Waals surface area contributed by atoms with Gasteiger partial charge < -0.3 is 0 Å². The van der Waals surface area contributed by atoms with Gasteiger partial charge in [-0.25, -0.2) is 4.39 Å². The fourth-order valence-corrected chi connectivity index (χ4v) is 3.20. The molecule has 0 bridgehead atoms. The highest BCUT2D eigenvalue weighted by molar-refractivity contribution is 5.97. The third kappa shape index (κ3) is 3.69. The lowest BCUT2D eigenvalue weighted by molar-refractivity contribution is 0.0834. The van der Waals surface area contributed by atoms with Crippen molar-refractivity contribution in [3.05, 3.63) is 71.0 Å². The number of nitrogens with zero attached hydrogens (tertiary/aromatic N) is 2. The Morgan fingerprint density at radius 3 is 2.54 bits per heavy atom. The molecule has 1 saturated heterocycles. The number of halogens is 1. The summed E-state index contributed by atoms with van der Waals surface area (Å²) in [6.07, 6.45) is 1.57. The van der Waals surface area contributed by atoms with Crippen molar-refractivity contribution in [3.63, 3.8) is 0 Å². The summed E-state index contributed by atoms with van der Waals surface area (Å²) < 4.78 is 13.9. The molecule has 0 saturated carbocycles. The predicted octanol–water partition coefficient (Wildman–Crippen LogP) is 3.79. The zero-order chi connectivity index (χ0) is 16.9. The number of piperidine rings is 1. The molecule has 0 amide bonds. The van der Waals surface area contributed by atoms with Crippen molar-refractivity contribution >= 4 is 5.78 Å². The number of carbonyl (C=O) groups is 1. The second-order valence-electron chi connectivity index (χ2n) is 6.20. The maximum absolute atomic E-state index is 13.9. The molecule has 4 heteroatoms. The van der Waals surface area contributed by atoms with Crippen molar-refractivity contribution in [1.29, 1.82) is 5.26 Å². The Kier molecular flexibility index (Phi) is 5.02. The first kappa shape index (κ1) is 16.4. The zero-order valence-electron chi connectivity index (χ0n) is 13.4. The molecule has 2 aromatic carbocycles. The van der Waals surface area contributed by atoms with Gasteiger partial charge in [0, 0.05) is 23.6 Å². The summed E-state index contributed by atoms with van der Waals surface area (Å²) in [6.45, 7) is 2.01. The molecule has 0 aromatic heterocycles. The van der Waals surface area contributed by atoms with E-state index in [2.05, 4.69) is 4.90 Å². The molecule has 0 unspecified atom stereocenters. The van der Waals surface area contributed by atoms with E-state index in [0.29, 0.717) is 17.7 Å². The van der Waals surface area contributed by atoms with Crippen LogP contribution in [0.2, 0.25) is 0 Å². The Labute approximate surface area is 141 Å². The van der Waals surface area contributed by atoms with Gasteiger partial charge in [0.1, 0.15) is 5.82 Å². The number of benzene rings is 2. The van der Waals surface area contributed by atoms with E-state index in [1.807, 2.05) is 36.4 Å². The normalized spacial score (nSPS) is 15.8. The second kappa shape index (κ2) is 7.37. The summed E-state index contributed by atoms with van der Waals surface area (Å²) in [5.41, 5.74) is 1.78. The van der Waals surface area contributed by atoms with Gasteiger partial charge in [0.05, 0.1) is 11.6 Å². The molecule has 122 valence electrons. The fourth-order valence-electron chi connectivity index (χ4n) is 3.20. The molecule has 0 atom stereocenters. The Morgan fingerprint density at radius 2 is 1.88 bits per heavy atom. The summed E-state index contributed by atoms with van der Waals surface area (Å²) in [5, 5.41) is 8.94. The van der Waals surface area contributed by atoms with Crippen LogP contribution in [-0.2, 0) is 6.54 Å². The predicted molar refractivity (Wildman–Crippen MR) is 89.9 cm³/mol. The Hall–Kier alpha value is -2.51. The third-order valence-corrected chi connectivity index (χ3v) is 4.59. The van der Waals surface area contributed by atoms with Gasteiger partial charge in [-0.3, -0.25) is 9.69 Å². The van der Waals surface area contributed by atoms with Crippen molar-refractivity contribution < 1.29 is 9.18 Å². The van der Waals surface area contributed by atoms with E-state index in [0.717, 1.165) is 31.5 Å². The molecular formula is C20H19FN2O. The molecule has 2 aromatic rings. The van der Waals surface area contributed by atoms with Crippen LogP contribution in [0.1, 0.15) is 34.3 Å². The van der Waals surface area contributed by atoms with E-state index < -0.39 is 0 Å². The molecule has 24 heavy (non-hydrogen) atoms. The molecule has 1 heterocycles. The number of carbonyl (C=O) groups excluding carboxylic acids is 1. The minimum atomic E-state index is -0.281. The number of hydrogen-bond acceptors (Lipinski definition) is 3. The van der Waals surface area contributed by atoms with Crippen molar-refractivity contribution in [3.8, 4) is 6.07 Å². The summed E-state index contributed by atoms with van der Waals surface area (Å²) in [7, 11) is 0. The summed E-state index contributed by atoms with van der Waals surface area (Å²) in [5.74, 6) is -0.0386. The van der Waals surface area contributed by atoms with Gasteiger partial charge in [-0.2, -0.15) is 5.26 Å². The van der Waals surface area contributed by atoms with Crippen LogP contribution in [0.15, 0.2) is 48.5 Å². The minimum absolute atomic E-state index is 0.0407. The maximum Gasteiger partial charge on any atom is 0.166 e. The average Bonchev–Trinajstić information content (AvgIpc) is 2.64. The summed E-state index contributed by atoms with van der Waals surface area (Å²) in [4.78, 5) is 14.6. The first-order valence-corrected chi connectivity index (χ1v) is 8.17. The van der Waals surface area contributed by atoms with E-state index in [1.54, 1.807) is 6.07 Å². The first-order valence-electron chi connectivity index (χ1n) is 8.17. The molecular weight excluding hydrogens is 303 g/mol. The van der Waals surface area contributed by atoms with Crippen LogP contribution in [0.5, 0.6) is 0 Å². The van der Waals surface area contributed by atoms with Crippen molar-refractivity contribution in [2.24, 2.45) is 5.92 Å². The summed E-state index contributed by atoms with van der Waals surface area (Å²) >= 11 is 0. The smallest absolute Gasteiger partial charge is 0.166 e. The highest BCUT2D eigenvalue weighted by Crippen LogP contribution is 2.23. The number of Topliss-reactive ketones (excluding diaryl/α,β-unsaturated/α-hetero) is 1. The summed E-state index contributed by atoms with van der Waals surface area (Å²) in [6, 6.07) is 15.9. The Bertz CT molecular complexity index is 759. The van der Waals surface area contributed by atoms with Crippen molar-refractivity contribution in [2.45, 2.75) is 19.4 Å². The van der Waals surface area contributed by atoms with Crippen LogP contribution >= 0.6 is 0 Å². The topological polar surface area (TPSA) is 44.1 Å². The van der Waals surface area contributed by atoms with E-state index in [-0.39, 0.29) is 17.5 Å². The lowest BCUT2D eigenvalue weighted by Crippen LogP contribution is -2.36. The van der Waals surface area contributed by atoms with Crippen molar-refractivity contribution in [2.75, 3.05) is 13.1 Å². The Balaban J connectivity index is 1.60. The fraction of sp³-hybridized carbons (Fsp3) is 0.300. The van der Waals surface area contributed by atoms with Crippen LogP contribution < -0.4 is 0 Å². The number of rotatable bonds is 4. The third-order valence-electron chi connectivity index (χ3n) is 4.59. The number of likely N-dealkylation sites (tertiary alicyclic amines) is 1. The molecule has 0 aliphatic carbocycles. The SMILES string of the molecule is N#Cc1ccc(F)c(CN2CCC(C(=O)c3ccccc3)CC2)c1. The number of hydrogen-bond donors (Lipinski definition) is 0. The van der Waals surface area contributed by atoms with Gasteiger partial charge in [-0.15, -0.1) is 0 Å². The highest BCUT2D eigenvalue weighted by atomic mass is 19.1. The van der Waals surface area contributed by atoms with Gasteiger partial charge in [0.2, 0.25) is 0 Å². The lowest BCUT2D eigenvalue weighted by atomic mass is 9.89. The van der Waals surface area contributed by atoms with E-state index >= 15 is 0 Å². The first-order chi connectivity index (χ1) is 11.7. The molecule has 3 nitrogen and oxygen atoms in total. The van der Waals surface area contributed by atoms with Gasteiger partial charge >= 0.3 is 0 Å². The van der Waals surface area contributed by atoms with E-state index in [4.69, 9.17) is 5.26 Å². The quantitative estimate of drug-likeness (QED) is 0.804. The van der Waals surface area contributed by atoms with E-state index in [9.17, 15) is 9.18 Å². The standard InChI is InChI=1S/C20H19FN2O/c21-19-7-6-15(13-22)12-18(19)14-23-10-8-17(9-11-23)20(24)16-4-2-1-3-5-16/h1-7,12,17H,8-11,14H2. The average molecular weight is 322 g/mol. The largest absolute Gasteiger partial charge is 0.299 e. The van der Waals surface area contributed by atoms with Crippen LogP contribution in [0.25, 0.3) is 0 Å². The monoisotopic (exact) mass is 322 g/mol. The second-order valence-corrected chi connectivity index (χ2v) is 6.20. The van der Waals surface area contributed by atoms with Gasteiger partial charge in [0.15, 0.2) is 5.78 Å². The van der Waals surface area contributed by atoms with Crippen molar-refractivity contribution in [1.82, 2.24) is 4.90 Å². The molecule has 1 aliphatic heterocycles. The molecule has 3 rings (SSSR count). The lowest BCUT2D eigenvalue weighted by Gasteiger charge is -2.31. The Morgan fingerprint density at radius 1 is 1.17 bits per heavy atom. The number of ketones is 1. The van der Waals surface area contributed by atoms with Crippen LogP contribution in [0, 0.1) is 23.1 Å². The molecule has 1 aliphatic rings. The van der Waals surface area contributed by atoms with Crippen LogP contribution in [0.3, 0.4) is 0 Å². The highest BCUT2D eigenvalue weighted by Gasteiger charge is 2.26.